The Balaban J connectivity index is 1.73. The minimum atomic E-state index is -1.07. The molecule has 30 heavy (non-hydrogen) atoms. The van der Waals surface area contributed by atoms with Crippen molar-refractivity contribution in [3.63, 3.8) is 0 Å². The zero-order chi connectivity index (χ0) is 21.3. The summed E-state index contributed by atoms with van der Waals surface area (Å²) >= 11 is 6.72. The predicted molar refractivity (Wildman–Crippen MR) is 126 cm³/mol. The van der Waals surface area contributed by atoms with Gasteiger partial charge in [0.1, 0.15) is 6.04 Å². The lowest BCUT2D eigenvalue weighted by Gasteiger charge is -2.18. The minimum Gasteiger partial charge on any atom is -0.480 e. The number of carboxylic acid groups (broad SMARTS) is 1. The maximum atomic E-state index is 12.8. The fourth-order valence-electron chi connectivity index (χ4n) is 3.66. The van der Waals surface area contributed by atoms with Crippen LogP contribution in [0.4, 0.5) is 0 Å². The molecule has 4 nitrogen and oxygen atoms in total. The lowest BCUT2D eigenvalue weighted by molar-refractivity contribution is -0.139. The van der Waals surface area contributed by atoms with Crippen molar-refractivity contribution in [2.45, 2.75) is 12.5 Å². The van der Waals surface area contributed by atoms with Crippen molar-refractivity contribution in [2.24, 2.45) is 0 Å². The van der Waals surface area contributed by atoms with Gasteiger partial charge in [0.25, 0.3) is 5.91 Å². The molecule has 0 aliphatic rings. The fourth-order valence-corrected chi connectivity index (χ4v) is 4.95. The van der Waals surface area contributed by atoms with Gasteiger partial charge >= 0.3 is 5.97 Å². The molecule has 0 radical (unpaired) electrons. The number of fused-ring (bicyclic) bond motifs is 2. The molecule has 0 spiro atoms. The van der Waals surface area contributed by atoms with Crippen LogP contribution in [0.2, 0.25) is 0 Å². The molecule has 6 heteroatoms. The molecule has 4 aromatic carbocycles. The number of nitrogens with one attached hydrogen (secondary N) is 1. The van der Waals surface area contributed by atoms with Crippen molar-refractivity contribution < 1.29 is 14.7 Å². The molecule has 0 unspecified atom stereocenters. The van der Waals surface area contributed by atoms with Crippen molar-refractivity contribution in [3.8, 4) is 0 Å². The van der Waals surface area contributed by atoms with E-state index in [2.05, 4.69) is 43.2 Å². The molecule has 0 aromatic heterocycles. The van der Waals surface area contributed by atoms with Crippen molar-refractivity contribution >= 4 is 65.3 Å². The first-order chi connectivity index (χ1) is 14.4. The lowest BCUT2D eigenvalue weighted by atomic mass is 9.92. The maximum absolute atomic E-state index is 12.8. The van der Waals surface area contributed by atoms with Gasteiger partial charge in [0.15, 0.2) is 0 Å². The van der Waals surface area contributed by atoms with Gasteiger partial charge in [0.2, 0.25) is 0 Å². The van der Waals surface area contributed by atoms with Gasteiger partial charge in [-0.1, -0.05) is 80.4 Å². The van der Waals surface area contributed by atoms with Gasteiger partial charge in [-0.25, -0.2) is 4.79 Å². The number of carboxylic acids is 1. The van der Waals surface area contributed by atoms with Crippen molar-refractivity contribution in [1.82, 2.24) is 5.32 Å². The first-order valence-corrected chi connectivity index (χ1v) is 10.9. The van der Waals surface area contributed by atoms with E-state index >= 15 is 0 Å². The van der Waals surface area contributed by atoms with E-state index in [4.69, 9.17) is 0 Å². The van der Waals surface area contributed by atoms with Gasteiger partial charge in [-0.15, -0.1) is 0 Å². The average Bonchev–Trinajstić information content (AvgIpc) is 2.72. The van der Waals surface area contributed by atoms with E-state index in [1.165, 1.54) is 0 Å². The molecular formula is C24H17Br2NO3. The Morgan fingerprint density at radius 2 is 1.37 bits per heavy atom. The average molecular weight is 527 g/mol. The molecule has 4 aromatic rings. The smallest absolute Gasteiger partial charge is 0.326 e. The Morgan fingerprint density at radius 1 is 0.833 bits per heavy atom. The highest BCUT2D eigenvalue weighted by Crippen LogP contribution is 2.29. The van der Waals surface area contributed by atoms with E-state index in [0.29, 0.717) is 5.56 Å². The van der Waals surface area contributed by atoms with Crippen LogP contribution >= 0.6 is 31.9 Å². The molecule has 4 rings (SSSR count). The number of aliphatic carboxylic acids is 1. The van der Waals surface area contributed by atoms with Crippen LogP contribution in [0.15, 0.2) is 81.7 Å². The third-order valence-electron chi connectivity index (χ3n) is 5.02. The molecule has 0 heterocycles. The molecule has 0 fully saturated rings. The first-order valence-electron chi connectivity index (χ1n) is 9.31. The Kier molecular flexibility index (Phi) is 5.88. The lowest BCUT2D eigenvalue weighted by Crippen LogP contribution is -2.42. The number of amides is 1. The van der Waals surface area contributed by atoms with Gasteiger partial charge in [-0.3, -0.25) is 4.79 Å². The maximum Gasteiger partial charge on any atom is 0.326 e. The van der Waals surface area contributed by atoms with E-state index in [9.17, 15) is 14.7 Å². The minimum absolute atomic E-state index is 0.179. The summed E-state index contributed by atoms with van der Waals surface area (Å²) in [5.41, 5.74) is 1.29. The van der Waals surface area contributed by atoms with Crippen LogP contribution in [0, 0.1) is 0 Å². The molecule has 0 saturated heterocycles. The molecule has 0 bridgehead atoms. The molecule has 150 valence electrons. The molecule has 1 amide bonds. The number of carbonyl (C=O) groups is 2. The second-order valence-corrected chi connectivity index (χ2v) is 8.86. The number of benzene rings is 4. The fraction of sp³-hybridized carbons (Fsp3) is 0.0833. The summed E-state index contributed by atoms with van der Waals surface area (Å²) in [6.45, 7) is 0. The molecule has 0 aliphatic carbocycles. The van der Waals surface area contributed by atoms with Crippen LogP contribution in [0.3, 0.4) is 0 Å². The summed E-state index contributed by atoms with van der Waals surface area (Å²) in [5, 5.41) is 16.6. The van der Waals surface area contributed by atoms with Crippen LogP contribution < -0.4 is 5.32 Å². The van der Waals surface area contributed by atoms with Crippen LogP contribution in [-0.2, 0) is 11.2 Å². The normalized spacial score (nSPS) is 12.1. The topological polar surface area (TPSA) is 66.4 Å². The largest absolute Gasteiger partial charge is 0.480 e. The van der Waals surface area contributed by atoms with E-state index in [-0.39, 0.29) is 6.42 Å². The second-order valence-electron chi connectivity index (χ2n) is 7.02. The molecule has 1 atom stereocenters. The molecular weight excluding hydrogens is 510 g/mol. The first kappa shape index (κ1) is 20.6. The SMILES string of the molecule is O=C(N[C@H](Cc1c2ccccc2cc2ccccc12)C(=O)O)c1cc(Br)cc(Br)c1. The summed E-state index contributed by atoms with van der Waals surface area (Å²) in [5.74, 6) is -1.51. The van der Waals surface area contributed by atoms with Crippen molar-refractivity contribution in [2.75, 3.05) is 0 Å². The quantitative estimate of drug-likeness (QED) is 0.316. The van der Waals surface area contributed by atoms with Crippen LogP contribution in [0.5, 0.6) is 0 Å². The number of hydrogen-bond donors (Lipinski definition) is 2. The Bertz CT molecular complexity index is 1210. The van der Waals surface area contributed by atoms with E-state index in [1.807, 2.05) is 54.6 Å². The Hall–Kier alpha value is -2.70. The highest BCUT2D eigenvalue weighted by atomic mass is 79.9. The number of rotatable bonds is 5. The number of carbonyl (C=O) groups excluding carboxylic acids is 1. The highest BCUT2D eigenvalue weighted by molar-refractivity contribution is 9.11. The third kappa shape index (κ3) is 4.25. The predicted octanol–water partition coefficient (Wildman–Crippen LogP) is 5.94. The summed E-state index contributed by atoms with van der Waals surface area (Å²) in [6, 6.07) is 22.0. The second kappa shape index (κ2) is 8.58. The highest BCUT2D eigenvalue weighted by Gasteiger charge is 2.23. The zero-order valence-electron chi connectivity index (χ0n) is 15.7. The number of hydrogen-bond acceptors (Lipinski definition) is 2. The monoisotopic (exact) mass is 525 g/mol. The Labute approximate surface area is 190 Å². The van der Waals surface area contributed by atoms with Gasteiger partial charge in [0, 0.05) is 20.9 Å². The van der Waals surface area contributed by atoms with Gasteiger partial charge in [-0.2, -0.15) is 0 Å². The standard InChI is InChI=1S/C24H17Br2NO3/c25-17-10-16(11-18(26)12-17)23(28)27-22(24(29)30)13-21-19-7-3-1-5-14(19)9-15-6-2-4-8-20(15)21/h1-12,22H,13H2,(H,27,28)(H,29,30)/t22-/m1/s1. The zero-order valence-corrected chi connectivity index (χ0v) is 18.9. The van der Waals surface area contributed by atoms with E-state index in [1.54, 1.807) is 12.1 Å². The van der Waals surface area contributed by atoms with E-state index in [0.717, 1.165) is 36.1 Å². The van der Waals surface area contributed by atoms with Crippen molar-refractivity contribution in [1.29, 1.82) is 0 Å². The van der Waals surface area contributed by atoms with Gasteiger partial charge in [0.05, 0.1) is 0 Å². The molecule has 0 aliphatic heterocycles. The number of halogens is 2. The summed E-state index contributed by atoms with van der Waals surface area (Å²) < 4.78 is 1.46. The van der Waals surface area contributed by atoms with Crippen molar-refractivity contribution in [3.05, 3.63) is 92.9 Å². The summed E-state index contributed by atoms with van der Waals surface area (Å²) in [4.78, 5) is 24.8. The summed E-state index contributed by atoms with van der Waals surface area (Å²) in [7, 11) is 0. The van der Waals surface area contributed by atoms with Crippen LogP contribution in [0.1, 0.15) is 15.9 Å². The van der Waals surface area contributed by atoms with Gasteiger partial charge < -0.3 is 10.4 Å². The molecule has 2 N–H and O–H groups in total. The van der Waals surface area contributed by atoms with Gasteiger partial charge in [-0.05, 0) is 51.4 Å². The summed E-state index contributed by atoms with van der Waals surface area (Å²) in [6.07, 6.45) is 0.179. The van der Waals surface area contributed by atoms with E-state index < -0.39 is 17.9 Å². The van der Waals surface area contributed by atoms with Crippen LogP contribution in [0.25, 0.3) is 21.5 Å². The third-order valence-corrected chi connectivity index (χ3v) is 5.93. The van der Waals surface area contributed by atoms with Crippen LogP contribution in [-0.4, -0.2) is 23.0 Å². The molecule has 0 saturated carbocycles. The Morgan fingerprint density at radius 3 is 1.90 bits per heavy atom.